The third kappa shape index (κ3) is 6.51. The van der Waals surface area contributed by atoms with Crippen LogP contribution < -0.4 is 5.32 Å². The highest BCUT2D eigenvalue weighted by Gasteiger charge is 2.16. The maximum Gasteiger partial charge on any atom is 0.251 e. The Bertz CT molecular complexity index is 759. The number of hydrogen-bond acceptors (Lipinski definition) is 2. The van der Waals surface area contributed by atoms with E-state index in [1.165, 1.54) is 12.1 Å². The van der Waals surface area contributed by atoms with Crippen LogP contribution in [0.15, 0.2) is 48.5 Å². The van der Waals surface area contributed by atoms with E-state index >= 15 is 0 Å². The molecule has 0 unspecified atom stereocenters. The lowest BCUT2D eigenvalue weighted by atomic mass is 10.1. The van der Waals surface area contributed by atoms with Crippen molar-refractivity contribution in [3.05, 3.63) is 71.0 Å². The first-order chi connectivity index (χ1) is 13.0. The van der Waals surface area contributed by atoms with Gasteiger partial charge in [0.2, 0.25) is 5.91 Å². The SMILES string of the molecule is CCCCCN(Cc1ccc(F)cc1)C(=O)CNC(=O)c1ccccc1C. The fourth-order valence-corrected chi connectivity index (χ4v) is 2.85. The number of carbonyl (C=O) groups is 2. The van der Waals surface area contributed by atoms with Crippen molar-refractivity contribution in [3.63, 3.8) is 0 Å². The zero-order chi connectivity index (χ0) is 19.6. The van der Waals surface area contributed by atoms with Gasteiger partial charge in [-0.2, -0.15) is 0 Å². The number of benzene rings is 2. The summed E-state index contributed by atoms with van der Waals surface area (Å²) in [5.74, 6) is -0.692. The molecule has 0 radical (unpaired) electrons. The molecular weight excluding hydrogens is 343 g/mol. The van der Waals surface area contributed by atoms with Crippen molar-refractivity contribution in [3.8, 4) is 0 Å². The molecule has 2 amide bonds. The van der Waals surface area contributed by atoms with Crippen LogP contribution in [0.4, 0.5) is 4.39 Å². The molecule has 0 aliphatic carbocycles. The second kappa shape index (κ2) is 10.5. The summed E-state index contributed by atoms with van der Waals surface area (Å²) in [6.07, 6.45) is 2.99. The fourth-order valence-electron chi connectivity index (χ4n) is 2.85. The number of nitrogens with one attached hydrogen (secondary N) is 1. The molecule has 0 aliphatic rings. The van der Waals surface area contributed by atoms with Crippen molar-refractivity contribution >= 4 is 11.8 Å². The van der Waals surface area contributed by atoms with Gasteiger partial charge < -0.3 is 10.2 Å². The quantitative estimate of drug-likeness (QED) is 0.676. The molecule has 27 heavy (non-hydrogen) atoms. The monoisotopic (exact) mass is 370 g/mol. The Labute approximate surface area is 160 Å². The summed E-state index contributed by atoms with van der Waals surface area (Å²) in [6, 6.07) is 13.4. The van der Waals surface area contributed by atoms with Crippen LogP contribution in [0.25, 0.3) is 0 Å². The summed E-state index contributed by atoms with van der Waals surface area (Å²) in [7, 11) is 0. The van der Waals surface area contributed by atoms with Crippen LogP contribution in [-0.4, -0.2) is 29.8 Å². The van der Waals surface area contributed by atoms with Gasteiger partial charge in [-0.1, -0.05) is 50.1 Å². The maximum atomic E-state index is 13.1. The Balaban J connectivity index is 1.98. The van der Waals surface area contributed by atoms with E-state index in [4.69, 9.17) is 0 Å². The summed E-state index contributed by atoms with van der Waals surface area (Å²) >= 11 is 0. The van der Waals surface area contributed by atoms with E-state index in [1.807, 2.05) is 19.1 Å². The summed E-state index contributed by atoms with van der Waals surface area (Å²) in [5, 5.41) is 2.72. The number of halogens is 1. The molecule has 0 saturated carbocycles. The third-order valence-corrected chi connectivity index (χ3v) is 4.46. The van der Waals surface area contributed by atoms with Gasteiger partial charge in [0.1, 0.15) is 5.82 Å². The molecule has 0 aliphatic heterocycles. The first kappa shape index (κ1) is 20.6. The number of unbranched alkanes of at least 4 members (excludes halogenated alkanes) is 2. The minimum atomic E-state index is -0.298. The summed E-state index contributed by atoms with van der Waals surface area (Å²) in [5.41, 5.74) is 2.31. The smallest absolute Gasteiger partial charge is 0.251 e. The largest absolute Gasteiger partial charge is 0.343 e. The first-order valence-corrected chi connectivity index (χ1v) is 9.37. The minimum absolute atomic E-state index is 0.0551. The van der Waals surface area contributed by atoms with Crippen LogP contribution in [0.1, 0.15) is 47.7 Å². The molecule has 5 heteroatoms. The molecule has 144 valence electrons. The normalized spacial score (nSPS) is 10.5. The average molecular weight is 370 g/mol. The highest BCUT2D eigenvalue weighted by molar-refractivity contribution is 5.97. The van der Waals surface area contributed by atoms with Crippen molar-refractivity contribution in [2.24, 2.45) is 0 Å². The Morgan fingerprint density at radius 3 is 2.41 bits per heavy atom. The molecule has 0 fully saturated rings. The van der Waals surface area contributed by atoms with Crippen molar-refractivity contribution < 1.29 is 14.0 Å². The van der Waals surface area contributed by atoms with Crippen LogP contribution in [0.5, 0.6) is 0 Å². The number of hydrogen-bond donors (Lipinski definition) is 1. The molecule has 1 N–H and O–H groups in total. The van der Waals surface area contributed by atoms with Gasteiger partial charge in [-0.3, -0.25) is 9.59 Å². The van der Waals surface area contributed by atoms with E-state index in [1.54, 1.807) is 29.2 Å². The number of amides is 2. The van der Waals surface area contributed by atoms with Crippen molar-refractivity contribution in [1.29, 1.82) is 0 Å². The molecule has 0 bridgehead atoms. The van der Waals surface area contributed by atoms with Crippen LogP contribution in [0.3, 0.4) is 0 Å². The Morgan fingerprint density at radius 1 is 1.04 bits per heavy atom. The highest BCUT2D eigenvalue weighted by atomic mass is 19.1. The number of nitrogens with zero attached hydrogens (tertiary/aromatic N) is 1. The topological polar surface area (TPSA) is 49.4 Å². The molecular formula is C22H27FN2O2. The van der Waals surface area contributed by atoms with Gasteiger partial charge in [0.05, 0.1) is 6.54 Å². The van der Waals surface area contributed by atoms with Gasteiger partial charge in [-0.15, -0.1) is 0 Å². The fraction of sp³-hybridized carbons (Fsp3) is 0.364. The molecule has 0 aromatic heterocycles. The van der Waals surface area contributed by atoms with E-state index < -0.39 is 0 Å². The predicted octanol–water partition coefficient (Wildman–Crippen LogP) is 4.08. The first-order valence-electron chi connectivity index (χ1n) is 9.37. The summed E-state index contributed by atoms with van der Waals surface area (Å²) in [4.78, 5) is 26.7. The third-order valence-electron chi connectivity index (χ3n) is 4.46. The minimum Gasteiger partial charge on any atom is -0.343 e. The van der Waals surface area contributed by atoms with Crippen molar-refractivity contribution in [2.75, 3.05) is 13.1 Å². The van der Waals surface area contributed by atoms with Gasteiger partial charge >= 0.3 is 0 Å². The Kier molecular flexibility index (Phi) is 7.99. The van der Waals surface area contributed by atoms with Crippen molar-refractivity contribution in [2.45, 2.75) is 39.7 Å². The van der Waals surface area contributed by atoms with Crippen LogP contribution in [0.2, 0.25) is 0 Å². The van der Waals surface area contributed by atoms with Gasteiger partial charge in [-0.25, -0.2) is 4.39 Å². The van der Waals surface area contributed by atoms with Crippen molar-refractivity contribution in [1.82, 2.24) is 10.2 Å². The molecule has 2 aromatic rings. The van der Waals surface area contributed by atoms with E-state index in [2.05, 4.69) is 12.2 Å². The second-order valence-corrected chi connectivity index (χ2v) is 6.65. The lowest BCUT2D eigenvalue weighted by molar-refractivity contribution is -0.130. The lowest BCUT2D eigenvalue weighted by Crippen LogP contribution is -2.40. The maximum absolute atomic E-state index is 13.1. The zero-order valence-corrected chi connectivity index (χ0v) is 16.0. The van der Waals surface area contributed by atoms with Gasteiger partial charge in [-0.05, 0) is 42.7 Å². The number of aryl methyl sites for hydroxylation is 1. The number of carbonyl (C=O) groups excluding carboxylic acids is 2. The molecule has 0 atom stereocenters. The molecule has 0 heterocycles. The molecule has 0 spiro atoms. The second-order valence-electron chi connectivity index (χ2n) is 6.65. The number of rotatable bonds is 9. The predicted molar refractivity (Wildman–Crippen MR) is 105 cm³/mol. The highest BCUT2D eigenvalue weighted by Crippen LogP contribution is 2.10. The molecule has 2 rings (SSSR count). The Morgan fingerprint density at radius 2 is 1.74 bits per heavy atom. The van der Waals surface area contributed by atoms with E-state index in [-0.39, 0.29) is 24.2 Å². The van der Waals surface area contributed by atoms with Gasteiger partial charge in [0.25, 0.3) is 5.91 Å². The average Bonchev–Trinajstić information content (AvgIpc) is 2.67. The van der Waals surface area contributed by atoms with Gasteiger partial charge in [0.15, 0.2) is 0 Å². The summed E-state index contributed by atoms with van der Waals surface area (Å²) < 4.78 is 13.1. The zero-order valence-electron chi connectivity index (χ0n) is 16.0. The van der Waals surface area contributed by atoms with Crippen LogP contribution in [0, 0.1) is 12.7 Å². The van der Waals surface area contributed by atoms with E-state index in [9.17, 15) is 14.0 Å². The van der Waals surface area contributed by atoms with Crippen LogP contribution in [-0.2, 0) is 11.3 Å². The molecule has 4 nitrogen and oxygen atoms in total. The van der Waals surface area contributed by atoms with E-state index in [0.717, 1.165) is 30.4 Å². The standard InChI is InChI=1S/C22H27FN2O2/c1-3-4-7-14-25(16-18-10-12-19(23)13-11-18)21(26)15-24-22(27)20-9-6-5-8-17(20)2/h5-6,8-13H,3-4,7,14-16H2,1-2H3,(H,24,27). The van der Waals surface area contributed by atoms with Gasteiger partial charge in [0, 0.05) is 18.7 Å². The van der Waals surface area contributed by atoms with Crippen LogP contribution >= 0.6 is 0 Å². The summed E-state index contributed by atoms with van der Waals surface area (Å²) in [6.45, 7) is 4.94. The Hall–Kier alpha value is -2.69. The molecule has 2 aromatic carbocycles. The molecule has 0 saturated heterocycles. The lowest BCUT2D eigenvalue weighted by Gasteiger charge is -2.23. The van der Waals surface area contributed by atoms with E-state index in [0.29, 0.717) is 18.7 Å².